The number of benzene rings is 1. The first-order valence-electron chi connectivity index (χ1n) is 7.98. The van der Waals surface area contributed by atoms with Crippen molar-refractivity contribution in [2.75, 3.05) is 5.32 Å². The second-order valence-corrected chi connectivity index (χ2v) is 7.44. The van der Waals surface area contributed by atoms with Gasteiger partial charge in [0, 0.05) is 16.8 Å². The summed E-state index contributed by atoms with van der Waals surface area (Å²) in [6.07, 6.45) is 7.04. The average molecular weight is 305 g/mol. The maximum absolute atomic E-state index is 11.5. The molecule has 1 aromatic rings. The van der Waals surface area contributed by atoms with E-state index in [9.17, 15) is 4.79 Å². The van der Waals surface area contributed by atoms with Crippen LogP contribution in [0.1, 0.15) is 49.3 Å². The second-order valence-electron chi connectivity index (χ2n) is 7.03. The van der Waals surface area contributed by atoms with Gasteiger partial charge >= 0.3 is 0 Å². The summed E-state index contributed by atoms with van der Waals surface area (Å²) in [5, 5.41) is 3.52. The predicted octanol–water partition coefficient (Wildman–Crippen LogP) is 3.66. The fourth-order valence-electron chi connectivity index (χ4n) is 4.67. The minimum Gasteiger partial charge on any atom is -0.325 e. The molecule has 3 aliphatic rings. The Bertz CT molecular complexity index is 601. The number of hydrogen-bond acceptors (Lipinski definition) is 2. The van der Waals surface area contributed by atoms with Crippen LogP contribution in [-0.2, 0) is 11.2 Å². The number of fused-ring (bicyclic) bond motifs is 3. The SMILES string of the molecule is NC(CC1CC2CCC1C2)c1cc2c(cc1Cl)NC(=O)C2. The van der Waals surface area contributed by atoms with Crippen LogP contribution >= 0.6 is 11.6 Å². The van der Waals surface area contributed by atoms with Gasteiger partial charge in [0.2, 0.25) is 5.91 Å². The lowest BCUT2D eigenvalue weighted by Gasteiger charge is -2.25. The number of nitrogens with one attached hydrogen (secondary N) is 1. The number of nitrogens with two attached hydrogens (primary N) is 1. The Kier molecular flexibility index (Phi) is 3.23. The van der Waals surface area contributed by atoms with Gasteiger partial charge in [0.05, 0.1) is 6.42 Å². The fraction of sp³-hybridized carbons (Fsp3) is 0.588. The second kappa shape index (κ2) is 4.99. The van der Waals surface area contributed by atoms with Gasteiger partial charge in [-0.1, -0.05) is 24.1 Å². The number of rotatable bonds is 3. The first-order valence-corrected chi connectivity index (χ1v) is 8.35. The van der Waals surface area contributed by atoms with Gasteiger partial charge in [-0.3, -0.25) is 4.79 Å². The first kappa shape index (κ1) is 13.6. The summed E-state index contributed by atoms with van der Waals surface area (Å²) in [6, 6.07) is 3.88. The van der Waals surface area contributed by atoms with Crippen molar-refractivity contribution in [3.8, 4) is 0 Å². The van der Waals surface area contributed by atoms with Crippen molar-refractivity contribution in [3.05, 3.63) is 28.3 Å². The monoisotopic (exact) mass is 304 g/mol. The molecular weight excluding hydrogens is 284 g/mol. The molecule has 4 atom stereocenters. The molecule has 0 saturated heterocycles. The Labute approximate surface area is 130 Å². The highest BCUT2D eigenvalue weighted by Crippen LogP contribution is 2.51. The van der Waals surface area contributed by atoms with E-state index >= 15 is 0 Å². The molecule has 1 aromatic carbocycles. The van der Waals surface area contributed by atoms with Gasteiger partial charge in [0.15, 0.2) is 0 Å². The molecule has 0 aromatic heterocycles. The molecule has 2 aliphatic carbocycles. The summed E-state index contributed by atoms with van der Waals surface area (Å²) >= 11 is 6.38. The van der Waals surface area contributed by atoms with Crippen molar-refractivity contribution in [2.45, 2.75) is 44.6 Å². The van der Waals surface area contributed by atoms with E-state index in [4.69, 9.17) is 17.3 Å². The van der Waals surface area contributed by atoms with E-state index < -0.39 is 0 Å². The van der Waals surface area contributed by atoms with Gasteiger partial charge < -0.3 is 11.1 Å². The molecule has 1 heterocycles. The summed E-state index contributed by atoms with van der Waals surface area (Å²) in [5.74, 6) is 2.64. The molecule has 0 spiro atoms. The molecule has 2 bridgehead atoms. The summed E-state index contributed by atoms with van der Waals surface area (Å²) in [6.45, 7) is 0. The molecule has 112 valence electrons. The zero-order valence-electron chi connectivity index (χ0n) is 12.1. The quantitative estimate of drug-likeness (QED) is 0.895. The van der Waals surface area contributed by atoms with Crippen molar-refractivity contribution in [2.24, 2.45) is 23.5 Å². The molecule has 2 saturated carbocycles. The first-order chi connectivity index (χ1) is 10.1. The summed E-state index contributed by atoms with van der Waals surface area (Å²) in [5.41, 5.74) is 9.33. The zero-order chi connectivity index (χ0) is 14.6. The number of carbonyl (C=O) groups excluding carboxylic acids is 1. The van der Waals surface area contributed by atoms with Crippen LogP contribution in [0.25, 0.3) is 0 Å². The van der Waals surface area contributed by atoms with E-state index in [1.165, 1.54) is 25.7 Å². The lowest BCUT2D eigenvalue weighted by atomic mass is 9.83. The Morgan fingerprint density at radius 3 is 2.90 bits per heavy atom. The Hall–Kier alpha value is -1.06. The fourth-order valence-corrected chi connectivity index (χ4v) is 4.97. The van der Waals surface area contributed by atoms with Crippen molar-refractivity contribution in [3.63, 3.8) is 0 Å². The molecular formula is C17H21ClN2O. The topological polar surface area (TPSA) is 55.1 Å². The van der Waals surface area contributed by atoms with Crippen LogP contribution < -0.4 is 11.1 Å². The van der Waals surface area contributed by atoms with Gasteiger partial charge in [0.25, 0.3) is 0 Å². The molecule has 4 rings (SSSR count). The van der Waals surface area contributed by atoms with Crippen LogP contribution in [0.2, 0.25) is 5.02 Å². The summed E-state index contributed by atoms with van der Waals surface area (Å²) in [7, 11) is 0. The molecule has 21 heavy (non-hydrogen) atoms. The molecule has 4 heteroatoms. The van der Waals surface area contributed by atoms with Gasteiger partial charge in [-0.2, -0.15) is 0 Å². The number of amides is 1. The molecule has 3 N–H and O–H groups in total. The van der Waals surface area contributed by atoms with Crippen LogP contribution in [0.3, 0.4) is 0 Å². The maximum atomic E-state index is 11.5. The molecule has 1 aliphatic heterocycles. The van der Waals surface area contributed by atoms with Crippen LogP contribution in [0.4, 0.5) is 5.69 Å². The van der Waals surface area contributed by atoms with Crippen LogP contribution in [0.5, 0.6) is 0 Å². The van der Waals surface area contributed by atoms with Gasteiger partial charge in [-0.25, -0.2) is 0 Å². The molecule has 3 nitrogen and oxygen atoms in total. The number of carbonyl (C=O) groups is 1. The van der Waals surface area contributed by atoms with Crippen molar-refractivity contribution in [1.29, 1.82) is 0 Å². The van der Waals surface area contributed by atoms with Crippen molar-refractivity contribution >= 4 is 23.2 Å². The maximum Gasteiger partial charge on any atom is 0.228 e. The zero-order valence-corrected chi connectivity index (χ0v) is 12.8. The van der Waals surface area contributed by atoms with E-state index in [1.807, 2.05) is 12.1 Å². The molecule has 0 radical (unpaired) electrons. The largest absolute Gasteiger partial charge is 0.325 e. The van der Waals surface area contributed by atoms with Gasteiger partial charge in [-0.15, -0.1) is 0 Å². The molecule has 2 fully saturated rings. The Morgan fingerprint density at radius 1 is 1.33 bits per heavy atom. The molecule has 4 unspecified atom stereocenters. The predicted molar refractivity (Wildman–Crippen MR) is 84.3 cm³/mol. The van der Waals surface area contributed by atoms with Crippen molar-refractivity contribution in [1.82, 2.24) is 0 Å². The third kappa shape index (κ3) is 2.36. The van der Waals surface area contributed by atoms with E-state index in [2.05, 4.69) is 5.32 Å². The van der Waals surface area contributed by atoms with Crippen LogP contribution in [-0.4, -0.2) is 5.91 Å². The van der Waals surface area contributed by atoms with Gasteiger partial charge in [0.1, 0.15) is 0 Å². The number of anilines is 1. The third-order valence-corrected chi connectivity index (χ3v) is 6.02. The number of halogens is 1. The molecule has 1 amide bonds. The van der Waals surface area contributed by atoms with Gasteiger partial charge in [-0.05, 0) is 60.6 Å². The number of hydrogen-bond donors (Lipinski definition) is 2. The lowest BCUT2D eigenvalue weighted by Crippen LogP contribution is -2.20. The Morgan fingerprint density at radius 2 is 2.19 bits per heavy atom. The van der Waals surface area contributed by atoms with E-state index in [0.717, 1.165) is 41.0 Å². The van der Waals surface area contributed by atoms with E-state index in [1.54, 1.807) is 0 Å². The summed E-state index contributed by atoms with van der Waals surface area (Å²) in [4.78, 5) is 11.5. The smallest absolute Gasteiger partial charge is 0.228 e. The minimum atomic E-state index is -0.0112. The third-order valence-electron chi connectivity index (χ3n) is 5.69. The lowest BCUT2D eigenvalue weighted by molar-refractivity contribution is -0.115. The normalized spacial score (nSPS) is 31.3. The van der Waals surface area contributed by atoms with E-state index in [0.29, 0.717) is 11.4 Å². The Balaban J connectivity index is 1.53. The minimum absolute atomic E-state index is 0.0112. The standard InChI is InChI=1S/C17H21ClN2O/c18-14-8-16-12(7-17(21)20-16)5-13(14)15(19)6-11-4-9-1-2-10(11)3-9/h5,8-11,15H,1-4,6-7,19H2,(H,20,21). The summed E-state index contributed by atoms with van der Waals surface area (Å²) < 4.78 is 0. The van der Waals surface area contributed by atoms with Crippen LogP contribution in [0.15, 0.2) is 12.1 Å². The van der Waals surface area contributed by atoms with E-state index in [-0.39, 0.29) is 11.9 Å². The highest BCUT2D eigenvalue weighted by atomic mass is 35.5. The van der Waals surface area contributed by atoms with Crippen molar-refractivity contribution < 1.29 is 4.79 Å². The highest BCUT2D eigenvalue weighted by Gasteiger charge is 2.40. The average Bonchev–Trinajstić information content (AvgIpc) is 3.11. The van der Waals surface area contributed by atoms with Crippen LogP contribution in [0, 0.1) is 17.8 Å². The highest BCUT2D eigenvalue weighted by molar-refractivity contribution is 6.32.